The highest BCUT2D eigenvalue weighted by Gasteiger charge is 2.08. The zero-order chi connectivity index (χ0) is 13.1. The molecule has 0 fully saturated rings. The van der Waals surface area contributed by atoms with E-state index in [4.69, 9.17) is 0 Å². The average Bonchev–Trinajstić information content (AvgIpc) is 2.48. The van der Waals surface area contributed by atoms with Crippen LogP contribution < -0.4 is 0 Å². The molecule has 2 aromatic heterocycles. The topological polar surface area (TPSA) is 68.6 Å². The number of fused-ring (bicyclic) bond motifs is 1. The lowest BCUT2D eigenvalue weighted by Gasteiger charge is -2.04. The summed E-state index contributed by atoms with van der Waals surface area (Å²) in [6.07, 6.45) is 4.19. The molecule has 5 heteroatoms. The van der Waals surface area contributed by atoms with Crippen LogP contribution in [0.5, 0.6) is 0 Å². The number of aromatic nitrogens is 4. The van der Waals surface area contributed by atoms with Gasteiger partial charge in [0.2, 0.25) is 0 Å². The van der Waals surface area contributed by atoms with Crippen LogP contribution >= 0.6 is 0 Å². The summed E-state index contributed by atoms with van der Waals surface area (Å²) in [6, 6.07) is 9.95. The molecule has 3 rings (SSSR count). The van der Waals surface area contributed by atoms with Crippen LogP contribution in [0.2, 0.25) is 0 Å². The first-order valence-electron chi connectivity index (χ1n) is 5.82. The first kappa shape index (κ1) is 11.4. The van der Waals surface area contributed by atoms with Crippen molar-refractivity contribution < 1.29 is 4.79 Å². The molecule has 0 aliphatic heterocycles. The third-order valence-corrected chi connectivity index (χ3v) is 2.77. The molecule has 92 valence electrons. The molecule has 0 atom stereocenters. The Labute approximate surface area is 109 Å². The van der Waals surface area contributed by atoms with Crippen LogP contribution in [-0.4, -0.2) is 26.2 Å². The number of carbonyl (C=O) groups is 1. The standard InChI is InChI=1S/C14H10N4O/c19-8-11-7-15-14-13(18-11)12(16-9-17-14)6-10-4-2-1-3-5-10/h1-5,7-9H,6H2. The Morgan fingerprint density at radius 3 is 2.68 bits per heavy atom. The largest absolute Gasteiger partial charge is 0.296 e. The molecule has 0 radical (unpaired) electrons. The van der Waals surface area contributed by atoms with E-state index in [2.05, 4.69) is 19.9 Å². The van der Waals surface area contributed by atoms with Gasteiger partial charge < -0.3 is 0 Å². The molecule has 0 aliphatic carbocycles. The molecule has 0 amide bonds. The maximum Gasteiger partial charge on any atom is 0.181 e. The van der Waals surface area contributed by atoms with Crippen molar-refractivity contribution in [3.8, 4) is 0 Å². The number of carbonyl (C=O) groups excluding carboxylic acids is 1. The van der Waals surface area contributed by atoms with Crippen LogP contribution in [0.3, 0.4) is 0 Å². The van der Waals surface area contributed by atoms with Gasteiger partial charge in [0.15, 0.2) is 11.9 Å². The van der Waals surface area contributed by atoms with Crippen LogP contribution in [0, 0.1) is 0 Å². The lowest BCUT2D eigenvalue weighted by Crippen LogP contribution is -2.00. The van der Waals surface area contributed by atoms with Gasteiger partial charge >= 0.3 is 0 Å². The fourth-order valence-corrected chi connectivity index (χ4v) is 1.87. The van der Waals surface area contributed by atoms with Crippen LogP contribution in [-0.2, 0) is 6.42 Å². The van der Waals surface area contributed by atoms with E-state index in [-0.39, 0.29) is 5.69 Å². The zero-order valence-corrected chi connectivity index (χ0v) is 10.0. The minimum atomic E-state index is 0.289. The van der Waals surface area contributed by atoms with Gasteiger partial charge in [-0.3, -0.25) is 4.79 Å². The summed E-state index contributed by atoms with van der Waals surface area (Å²) in [7, 11) is 0. The van der Waals surface area contributed by atoms with E-state index in [9.17, 15) is 4.79 Å². The average molecular weight is 250 g/mol. The first-order valence-corrected chi connectivity index (χ1v) is 5.82. The molecule has 5 nitrogen and oxygen atoms in total. The van der Waals surface area contributed by atoms with Crippen LogP contribution in [0.25, 0.3) is 11.2 Å². The number of hydrogen-bond acceptors (Lipinski definition) is 5. The molecule has 0 N–H and O–H groups in total. The van der Waals surface area contributed by atoms with E-state index in [1.807, 2.05) is 30.3 Å². The van der Waals surface area contributed by atoms with E-state index >= 15 is 0 Å². The predicted molar refractivity (Wildman–Crippen MR) is 69.8 cm³/mol. The van der Waals surface area contributed by atoms with Gasteiger partial charge in [-0.2, -0.15) is 0 Å². The number of hydrogen-bond donors (Lipinski definition) is 0. The third-order valence-electron chi connectivity index (χ3n) is 2.77. The highest BCUT2D eigenvalue weighted by molar-refractivity contribution is 5.78. The molecule has 2 heterocycles. The molecule has 0 spiro atoms. The highest BCUT2D eigenvalue weighted by atomic mass is 16.1. The van der Waals surface area contributed by atoms with E-state index in [0.29, 0.717) is 23.9 Å². The van der Waals surface area contributed by atoms with Crippen molar-refractivity contribution in [2.45, 2.75) is 6.42 Å². The third kappa shape index (κ3) is 2.30. The molecule has 1 aromatic carbocycles. The van der Waals surface area contributed by atoms with Crippen molar-refractivity contribution >= 4 is 17.5 Å². The molecule has 0 saturated carbocycles. The minimum absolute atomic E-state index is 0.289. The molecule has 3 aromatic rings. The number of aldehydes is 1. The monoisotopic (exact) mass is 250 g/mol. The maximum atomic E-state index is 10.8. The van der Waals surface area contributed by atoms with E-state index in [1.165, 1.54) is 12.5 Å². The van der Waals surface area contributed by atoms with Crippen molar-refractivity contribution in [2.75, 3.05) is 0 Å². The van der Waals surface area contributed by atoms with Crippen LogP contribution in [0.4, 0.5) is 0 Å². The highest BCUT2D eigenvalue weighted by Crippen LogP contribution is 2.14. The van der Waals surface area contributed by atoms with Gasteiger partial charge in [-0.05, 0) is 5.56 Å². The smallest absolute Gasteiger partial charge is 0.181 e. The first-order chi connectivity index (χ1) is 9.36. The Morgan fingerprint density at radius 2 is 1.89 bits per heavy atom. The van der Waals surface area contributed by atoms with E-state index in [0.717, 1.165) is 11.3 Å². The lowest BCUT2D eigenvalue weighted by molar-refractivity contribution is 0.111. The number of nitrogens with zero attached hydrogens (tertiary/aromatic N) is 4. The summed E-state index contributed by atoms with van der Waals surface area (Å²) in [5.74, 6) is 0. The second-order valence-electron chi connectivity index (χ2n) is 4.07. The quantitative estimate of drug-likeness (QED) is 0.663. The second-order valence-corrected chi connectivity index (χ2v) is 4.07. The van der Waals surface area contributed by atoms with Crippen molar-refractivity contribution in [2.24, 2.45) is 0 Å². The summed E-state index contributed by atoms with van der Waals surface area (Å²) in [4.78, 5) is 27.4. The summed E-state index contributed by atoms with van der Waals surface area (Å²) in [6.45, 7) is 0. The summed E-state index contributed by atoms with van der Waals surface area (Å²) < 4.78 is 0. The van der Waals surface area contributed by atoms with Crippen molar-refractivity contribution in [1.29, 1.82) is 0 Å². The second kappa shape index (κ2) is 4.89. The van der Waals surface area contributed by atoms with Gasteiger partial charge in [0.25, 0.3) is 0 Å². The Balaban J connectivity index is 2.10. The Kier molecular flexibility index (Phi) is 2.94. The predicted octanol–water partition coefficient (Wildman–Crippen LogP) is 1.82. The molecule has 0 unspecified atom stereocenters. The van der Waals surface area contributed by atoms with Gasteiger partial charge in [0, 0.05) is 6.42 Å². The molecule has 0 aliphatic rings. The minimum Gasteiger partial charge on any atom is -0.296 e. The van der Waals surface area contributed by atoms with Crippen molar-refractivity contribution in [1.82, 2.24) is 19.9 Å². The summed E-state index contributed by atoms with van der Waals surface area (Å²) in [5, 5.41) is 0. The van der Waals surface area contributed by atoms with Gasteiger partial charge in [0.05, 0.1) is 11.9 Å². The Morgan fingerprint density at radius 1 is 1.05 bits per heavy atom. The summed E-state index contributed by atoms with van der Waals surface area (Å²) >= 11 is 0. The fraction of sp³-hybridized carbons (Fsp3) is 0.0714. The Bertz CT molecular complexity index is 728. The Hall–Kier alpha value is -2.69. The zero-order valence-electron chi connectivity index (χ0n) is 10.0. The van der Waals surface area contributed by atoms with Gasteiger partial charge in [-0.15, -0.1) is 0 Å². The molecule has 0 saturated heterocycles. The molecular formula is C14H10N4O. The van der Waals surface area contributed by atoms with E-state index < -0.39 is 0 Å². The number of benzene rings is 1. The van der Waals surface area contributed by atoms with E-state index in [1.54, 1.807) is 0 Å². The molecule has 0 bridgehead atoms. The van der Waals surface area contributed by atoms with Crippen LogP contribution in [0.1, 0.15) is 21.7 Å². The normalized spacial score (nSPS) is 10.5. The summed E-state index contributed by atoms with van der Waals surface area (Å²) in [5.41, 5.74) is 3.27. The molecule has 19 heavy (non-hydrogen) atoms. The van der Waals surface area contributed by atoms with Crippen molar-refractivity contribution in [3.63, 3.8) is 0 Å². The van der Waals surface area contributed by atoms with Gasteiger partial charge in [-0.1, -0.05) is 30.3 Å². The molecular weight excluding hydrogens is 240 g/mol. The lowest BCUT2D eigenvalue weighted by atomic mass is 10.1. The van der Waals surface area contributed by atoms with Crippen molar-refractivity contribution in [3.05, 3.63) is 59.8 Å². The van der Waals surface area contributed by atoms with Gasteiger partial charge in [0.1, 0.15) is 17.5 Å². The fourth-order valence-electron chi connectivity index (χ4n) is 1.87. The van der Waals surface area contributed by atoms with Crippen LogP contribution in [0.15, 0.2) is 42.9 Å². The maximum absolute atomic E-state index is 10.8. The number of rotatable bonds is 3. The SMILES string of the molecule is O=Cc1cnc2ncnc(Cc3ccccc3)c2n1. The van der Waals surface area contributed by atoms with Gasteiger partial charge in [-0.25, -0.2) is 19.9 Å².